The molecule has 20 heavy (non-hydrogen) atoms. The van der Waals surface area contributed by atoms with Crippen LogP contribution in [-0.2, 0) is 6.54 Å². The molecule has 0 amide bonds. The number of nitrogens with one attached hydrogen (secondary N) is 1. The molecule has 2 aromatic carbocycles. The van der Waals surface area contributed by atoms with Gasteiger partial charge < -0.3 is 14.8 Å². The first-order valence-electron chi connectivity index (χ1n) is 6.35. The number of aryl methyl sites for hydroxylation is 1. The maximum Gasteiger partial charge on any atom is 0.141 e. The van der Waals surface area contributed by atoms with Crippen LogP contribution in [0.1, 0.15) is 11.1 Å². The Labute approximate surface area is 118 Å². The summed E-state index contributed by atoms with van der Waals surface area (Å²) >= 11 is 0. The van der Waals surface area contributed by atoms with Crippen molar-refractivity contribution >= 4 is 5.69 Å². The molecule has 2 aromatic rings. The Morgan fingerprint density at radius 2 is 1.85 bits per heavy atom. The van der Waals surface area contributed by atoms with Crippen molar-refractivity contribution in [3.8, 4) is 11.5 Å². The summed E-state index contributed by atoms with van der Waals surface area (Å²) in [6.07, 6.45) is 0. The van der Waals surface area contributed by atoms with Crippen LogP contribution in [0.15, 0.2) is 36.4 Å². The summed E-state index contributed by atoms with van der Waals surface area (Å²) in [7, 11) is 3.13. The van der Waals surface area contributed by atoms with Gasteiger partial charge in [-0.05, 0) is 30.7 Å². The summed E-state index contributed by atoms with van der Waals surface area (Å²) in [4.78, 5) is 0. The number of halogens is 1. The van der Waals surface area contributed by atoms with Crippen LogP contribution in [0.2, 0.25) is 0 Å². The minimum atomic E-state index is -0.288. The molecule has 0 atom stereocenters. The first-order chi connectivity index (χ1) is 9.63. The normalized spacial score (nSPS) is 10.2. The molecule has 0 bridgehead atoms. The van der Waals surface area contributed by atoms with E-state index in [4.69, 9.17) is 9.47 Å². The van der Waals surface area contributed by atoms with Gasteiger partial charge in [0, 0.05) is 18.2 Å². The van der Waals surface area contributed by atoms with Crippen molar-refractivity contribution < 1.29 is 13.9 Å². The Balaban J connectivity index is 2.14. The van der Waals surface area contributed by atoms with Crippen molar-refractivity contribution in [1.82, 2.24) is 0 Å². The summed E-state index contributed by atoms with van der Waals surface area (Å²) in [5.41, 5.74) is 2.54. The zero-order valence-corrected chi connectivity index (χ0v) is 11.9. The quantitative estimate of drug-likeness (QED) is 0.901. The predicted octanol–water partition coefficient (Wildman–Crippen LogP) is 3.76. The smallest absolute Gasteiger partial charge is 0.141 e. The summed E-state index contributed by atoms with van der Waals surface area (Å²) in [5, 5.41) is 3.19. The first kappa shape index (κ1) is 14.2. The lowest BCUT2D eigenvalue weighted by atomic mass is 10.1. The van der Waals surface area contributed by atoms with Gasteiger partial charge in [-0.2, -0.15) is 0 Å². The van der Waals surface area contributed by atoms with Crippen molar-refractivity contribution in [3.05, 3.63) is 53.3 Å². The van der Waals surface area contributed by atoms with Gasteiger partial charge >= 0.3 is 0 Å². The van der Waals surface area contributed by atoms with Crippen molar-refractivity contribution in [1.29, 1.82) is 0 Å². The second-order valence-corrected chi connectivity index (χ2v) is 4.51. The third-order valence-electron chi connectivity index (χ3n) is 3.08. The number of hydrogen-bond acceptors (Lipinski definition) is 3. The predicted molar refractivity (Wildman–Crippen MR) is 78.0 cm³/mol. The molecular formula is C16H18FNO2. The molecule has 3 nitrogen and oxygen atoms in total. The lowest BCUT2D eigenvalue weighted by Crippen LogP contribution is -2.03. The van der Waals surface area contributed by atoms with Crippen LogP contribution in [0.25, 0.3) is 0 Å². The van der Waals surface area contributed by atoms with Gasteiger partial charge in [0.1, 0.15) is 17.3 Å². The Kier molecular flexibility index (Phi) is 4.45. The summed E-state index contributed by atoms with van der Waals surface area (Å²) in [6.45, 7) is 2.38. The van der Waals surface area contributed by atoms with Crippen LogP contribution in [0.4, 0.5) is 10.1 Å². The Bertz CT molecular complexity index is 599. The SMILES string of the molecule is COc1ccc(CNc2cc(C)ccc2OC)c(F)c1. The fourth-order valence-corrected chi connectivity index (χ4v) is 1.95. The van der Waals surface area contributed by atoms with E-state index in [9.17, 15) is 4.39 Å². The molecule has 2 rings (SSSR count). The van der Waals surface area contributed by atoms with E-state index in [2.05, 4.69) is 5.32 Å². The monoisotopic (exact) mass is 275 g/mol. The molecule has 0 heterocycles. The molecule has 0 aromatic heterocycles. The highest BCUT2D eigenvalue weighted by Crippen LogP contribution is 2.26. The van der Waals surface area contributed by atoms with Gasteiger partial charge in [-0.25, -0.2) is 4.39 Å². The van der Waals surface area contributed by atoms with E-state index in [-0.39, 0.29) is 5.82 Å². The third kappa shape index (κ3) is 3.20. The van der Waals surface area contributed by atoms with Crippen LogP contribution in [-0.4, -0.2) is 14.2 Å². The summed E-state index contributed by atoms with van der Waals surface area (Å²) < 4.78 is 24.1. The van der Waals surface area contributed by atoms with E-state index in [1.807, 2.05) is 25.1 Å². The summed E-state index contributed by atoms with van der Waals surface area (Å²) in [5.74, 6) is 0.965. The van der Waals surface area contributed by atoms with Gasteiger partial charge in [-0.1, -0.05) is 12.1 Å². The van der Waals surface area contributed by atoms with Crippen molar-refractivity contribution in [2.45, 2.75) is 13.5 Å². The summed E-state index contributed by atoms with van der Waals surface area (Å²) in [6, 6.07) is 10.7. The second-order valence-electron chi connectivity index (χ2n) is 4.51. The maximum atomic E-state index is 13.9. The van der Waals surface area contributed by atoms with Crippen LogP contribution in [0.3, 0.4) is 0 Å². The van der Waals surface area contributed by atoms with Crippen LogP contribution < -0.4 is 14.8 Å². The van der Waals surface area contributed by atoms with E-state index in [0.29, 0.717) is 17.9 Å². The minimum absolute atomic E-state index is 0.288. The fourth-order valence-electron chi connectivity index (χ4n) is 1.95. The Hall–Kier alpha value is -2.23. The number of hydrogen-bond donors (Lipinski definition) is 1. The van der Waals surface area contributed by atoms with Gasteiger partial charge in [0.2, 0.25) is 0 Å². The molecule has 0 aliphatic heterocycles. The van der Waals surface area contributed by atoms with E-state index in [1.54, 1.807) is 19.2 Å². The van der Waals surface area contributed by atoms with Crippen LogP contribution >= 0.6 is 0 Å². The van der Waals surface area contributed by atoms with Gasteiger partial charge in [-0.15, -0.1) is 0 Å². The molecule has 0 aliphatic carbocycles. The molecule has 0 saturated carbocycles. The largest absolute Gasteiger partial charge is 0.497 e. The third-order valence-corrected chi connectivity index (χ3v) is 3.08. The topological polar surface area (TPSA) is 30.5 Å². The number of ether oxygens (including phenoxy) is 2. The zero-order chi connectivity index (χ0) is 14.5. The molecule has 0 saturated heterocycles. The molecule has 4 heteroatoms. The first-order valence-corrected chi connectivity index (χ1v) is 6.35. The van der Waals surface area contributed by atoms with E-state index >= 15 is 0 Å². The zero-order valence-electron chi connectivity index (χ0n) is 11.9. The molecule has 0 aliphatic rings. The van der Waals surface area contributed by atoms with Gasteiger partial charge in [0.25, 0.3) is 0 Å². The number of benzene rings is 2. The molecule has 0 fully saturated rings. The van der Waals surface area contributed by atoms with Crippen LogP contribution in [0.5, 0.6) is 11.5 Å². The Morgan fingerprint density at radius 1 is 1.05 bits per heavy atom. The number of anilines is 1. The fraction of sp³-hybridized carbons (Fsp3) is 0.250. The number of methoxy groups -OCH3 is 2. The highest BCUT2D eigenvalue weighted by molar-refractivity contribution is 5.58. The standard InChI is InChI=1S/C16H18FNO2/c1-11-4-7-16(20-3)15(8-11)18-10-12-5-6-13(19-2)9-14(12)17/h4-9,18H,10H2,1-3H3. The average Bonchev–Trinajstić information content (AvgIpc) is 2.46. The van der Waals surface area contributed by atoms with E-state index < -0.39 is 0 Å². The molecule has 106 valence electrons. The van der Waals surface area contributed by atoms with Crippen molar-refractivity contribution in [2.75, 3.05) is 19.5 Å². The molecule has 0 radical (unpaired) electrons. The van der Waals surface area contributed by atoms with Crippen molar-refractivity contribution in [3.63, 3.8) is 0 Å². The van der Waals surface area contributed by atoms with Gasteiger partial charge in [0.15, 0.2) is 0 Å². The van der Waals surface area contributed by atoms with Gasteiger partial charge in [-0.3, -0.25) is 0 Å². The van der Waals surface area contributed by atoms with E-state index in [0.717, 1.165) is 17.0 Å². The highest BCUT2D eigenvalue weighted by atomic mass is 19.1. The molecule has 0 unspecified atom stereocenters. The van der Waals surface area contributed by atoms with E-state index in [1.165, 1.54) is 13.2 Å². The highest BCUT2D eigenvalue weighted by Gasteiger charge is 2.06. The Morgan fingerprint density at radius 3 is 2.50 bits per heavy atom. The molecule has 0 spiro atoms. The molecular weight excluding hydrogens is 257 g/mol. The lowest BCUT2D eigenvalue weighted by molar-refractivity contribution is 0.410. The lowest BCUT2D eigenvalue weighted by Gasteiger charge is -2.13. The molecule has 1 N–H and O–H groups in total. The van der Waals surface area contributed by atoms with Crippen molar-refractivity contribution in [2.24, 2.45) is 0 Å². The maximum absolute atomic E-state index is 13.9. The number of rotatable bonds is 5. The second kappa shape index (κ2) is 6.28. The van der Waals surface area contributed by atoms with Gasteiger partial charge in [0.05, 0.1) is 19.9 Å². The average molecular weight is 275 g/mol. The minimum Gasteiger partial charge on any atom is -0.497 e. The van der Waals surface area contributed by atoms with Crippen LogP contribution in [0, 0.1) is 12.7 Å².